The molecule has 0 saturated carbocycles. The van der Waals surface area contributed by atoms with Gasteiger partial charge in [-0.1, -0.05) is 24.4 Å². The molecule has 1 saturated heterocycles. The fourth-order valence-electron chi connectivity index (χ4n) is 2.95. The maximum absolute atomic E-state index is 12.6. The maximum atomic E-state index is 12.6. The molecule has 1 aromatic carbocycles. The smallest absolute Gasteiger partial charge is 0.337 e. The Kier molecular flexibility index (Phi) is 6.24. The van der Waals surface area contributed by atoms with Crippen LogP contribution in [-0.2, 0) is 4.74 Å². The fourth-order valence-corrected chi connectivity index (χ4v) is 3.12. The zero-order chi connectivity index (χ0) is 19.2. The summed E-state index contributed by atoms with van der Waals surface area (Å²) in [6, 6.07) is 8.06. The van der Waals surface area contributed by atoms with Crippen LogP contribution in [-0.4, -0.2) is 47.2 Å². The molecule has 3 rings (SSSR count). The lowest BCUT2D eigenvalue weighted by atomic mass is 10.2. The van der Waals surface area contributed by atoms with Gasteiger partial charge in [0.05, 0.1) is 23.4 Å². The number of carbonyl (C=O) groups excluding carboxylic acids is 2. The normalized spacial score (nSPS) is 14.4. The monoisotopic (exact) mass is 388 g/mol. The number of esters is 1. The lowest BCUT2D eigenvalue weighted by Gasteiger charge is -2.19. The van der Waals surface area contributed by atoms with Gasteiger partial charge in [-0.15, -0.1) is 10.2 Å². The zero-order valence-electron chi connectivity index (χ0n) is 15.1. The molecular formula is C19H21ClN4O3. The number of methoxy groups -OCH3 is 1. The summed E-state index contributed by atoms with van der Waals surface area (Å²) in [6.45, 7) is 1.52. The summed E-state index contributed by atoms with van der Waals surface area (Å²) in [5, 5.41) is 11.5. The number of benzene rings is 1. The summed E-state index contributed by atoms with van der Waals surface area (Å²) in [7, 11) is 1.32. The summed E-state index contributed by atoms with van der Waals surface area (Å²) in [4.78, 5) is 26.1. The van der Waals surface area contributed by atoms with E-state index in [9.17, 15) is 9.59 Å². The van der Waals surface area contributed by atoms with E-state index in [-0.39, 0.29) is 5.91 Å². The van der Waals surface area contributed by atoms with Crippen LogP contribution >= 0.6 is 11.6 Å². The first-order valence-electron chi connectivity index (χ1n) is 8.86. The molecule has 2 aromatic rings. The highest BCUT2D eigenvalue weighted by Crippen LogP contribution is 2.26. The van der Waals surface area contributed by atoms with E-state index in [2.05, 4.69) is 15.5 Å². The molecule has 7 nitrogen and oxygen atoms in total. The van der Waals surface area contributed by atoms with Gasteiger partial charge in [0.15, 0.2) is 11.5 Å². The number of halogens is 1. The van der Waals surface area contributed by atoms with E-state index in [1.807, 2.05) is 4.90 Å². The number of hydrogen-bond acceptors (Lipinski definition) is 6. The maximum Gasteiger partial charge on any atom is 0.337 e. The quantitative estimate of drug-likeness (QED) is 0.804. The average Bonchev–Trinajstić information content (AvgIpc) is 2.98. The van der Waals surface area contributed by atoms with E-state index in [0.717, 1.165) is 38.8 Å². The first-order chi connectivity index (χ1) is 13.1. The molecule has 27 heavy (non-hydrogen) atoms. The number of carbonyl (C=O) groups is 2. The van der Waals surface area contributed by atoms with E-state index in [0.29, 0.717) is 27.8 Å². The molecular weight excluding hydrogens is 368 g/mol. The van der Waals surface area contributed by atoms with Crippen LogP contribution in [0.2, 0.25) is 5.02 Å². The molecule has 0 unspecified atom stereocenters. The van der Waals surface area contributed by atoms with Gasteiger partial charge in [-0.25, -0.2) is 4.79 Å². The van der Waals surface area contributed by atoms with Gasteiger partial charge in [-0.05, 0) is 43.2 Å². The zero-order valence-corrected chi connectivity index (χ0v) is 15.8. The van der Waals surface area contributed by atoms with Crippen molar-refractivity contribution < 1.29 is 14.3 Å². The highest BCUT2D eigenvalue weighted by atomic mass is 35.5. The van der Waals surface area contributed by atoms with Crippen molar-refractivity contribution in [3.63, 3.8) is 0 Å². The largest absolute Gasteiger partial charge is 0.465 e. The standard InChI is InChI=1S/C19H21ClN4O3/c1-27-19(26)13-6-7-14(20)16(12-13)21-17-9-8-15(22-23-17)18(25)24-10-4-2-3-5-11-24/h6-9,12H,2-5,10-11H2,1H3,(H,21,23). The number of nitrogens with zero attached hydrogens (tertiary/aromatic N) is 3. The molecule has 1 aliphatic rings. The number of amides is 1. The van der Waals surface area contributed by atoms with Crippen LogP contribution in [0.5, 0.6) is 0 Å². The average molecular weight is 389 g/mol. The van der Waals surface area contributed by atoms with Gasteiger partial charge in [0.2, 0.25) is 0 Å². The Bertz CT molecular complexity index is 818. The van der Waals surface area contributed by atoms with Crippen LogP contribution in [0.1, 0.15) is 46.5 Å². The molecule has 0 aliphatic carbocycles. The van der Waals surface area contributed by atoms with Gasteiger partial charge in [-0.3, -0.25) is 4.79 Å². The highest BCUT2D eigenvalue weighted by Gasteiger charge is 2.19. The number of aromatic nitrogens is 2. The molecule has 0 radical (unpaired) electrons. The van der Waals surface area contributed by atoms with Crippen molar-refractivity contribution in [1.29, 1.82) is 0 Å². The van der Waals surface area contributed by atoms with Crippen molar-refractivity contribution in [3.05, 3.63) is 46.6 Å². The van der Waals surface area contributed by atoms with E-state index in [1.54, 1.807) is 30.3 Å². The number of likely N-dealkylation sites (tertiary alicyclic amines) is 1. The first-order valence-corrected chi connectivity index (χ1v) is 9.24. The Hall–Kier alpha value is -2.67. The SMILES string of the molecule is COC(=O)c1ccc(Cl)c(Nc2ccc(C(=O)N3CCCCCC3)nn2)c1. The molecule has 8 heteroatoms. The van der Waals surface area contributed by atoms with Gasteiger partial charge in [-0.2, -0.15) is 0 Å². The van der Waals surface area contributed by atoms with Crippen LogP contribution in [0.3, 0.4) is 0 Å². The van der Waals surface area contributed by atoms with E-state index in [4.69, 9.17) is 16.3 Å². The Morgan fingerprint density at radius 3 is 2.44 bits per heavy atom. The number of ether oxygens (including phenoxy) is 1. The Morgan fingerprint density at radius 2 is 1.81 bits per heavy atom. The molecule has 1 aromatic heterocycles. The Balaban J connectivity index is 1.72. The van der Waals surface area contributed by atoms with Gasteiger partial charge < -0.3 is 15.0 Å². The molecule has 1 amide bonds. The Morgan fingerprint density at radius 1 is 1.07 bits per heavy atom. The van der Waals surface area contributed by atoms with Crippen molar-refractivity contribution in [2.75, 3.05) is 25.5 Å². The van der Waals surface area contributed by atoms with Crippen LogP contribution in [0.25, 0.3) is 0 Å². The predicted molar refractivity (Wildman–Crippen MR) is 102 cm³/mol. The molecule has 142 valence electrons. The molecule has 2 heterocycles. The lowest BCUT2D eigenvalue weighted by molar-refractivity contribution is 0.0600. The molecule has 1 N–H and O–H groups in total. The predicted octanol–water partition coefficient (Wildman–Crippen LogP) is 3.68. The molecule has 1 aliphatic heterocycles. The highest BCUT2D eigenvalue weighted by molar-refractivity contribution is 6.33. The van der Waals surface area contributed by atoms with Crippen molar-refractivity contribution in [1.82, 2.24) is 15.1 Å². The topological polar surface area (TPSA) is 84.4 Å². The van der Waals surface area contributed by atoms with E-state index >= 15 is 0 Å². The second-order valence-electron chi connectivity index (χ2n) is 6.32. The van der Waals surface area contributed by atoms with E-state index < -0.39 is 5.97 Å². The number of nitrogens with one attached hydrogen (secondary N) is 1. The van der Waals surface area contributed by atoms with Gasteiger partial charge >= 0.3 is 5.97 Å². The minimum absolute atomic E-state index is 0.0957. The third kappa shape index (κ3) is 4.74. The third-order valence-electron chi connectivity index (χ3n) is 4.43. The summed E-state index contributed by atoms with van der Waals surface area (Å²) in [5.74, 6) is -0.132. The van der Waals surface area contributed by atoms with Crippen LogP contribution in [0, 0.1) is 0 Å². The Labute approximate surface area is 162 Å². The number of rotatable bonds is 4. The number of anilines is 2. The summed E-state index contributed by atoms with van der Waals surface area (Å²) in [5.41, 5.74) is 1.18. The molecule has 0 bridgehead atoms. The molecule has 1 fully saturated rings. The van der Waals surface area contributed by atoms with Crippen LogP contribution in [0.4, 0.5) is 11.5 Å². The minimum Gasteiger partial charge on any atom is -0.465 e. The van der Waals surface area contributed by atoms with Crippen LogP contribution < -0.4 is 5.32 Å². The summed E-state index contributed by atoms with van der Waals surface area (Å²) in [6.07, 6.45) is 4.36. The summed E-state index contributed by atoms with van der Waals surface area (Å²) < 4.78 is 4.71. The van der Waals surface area contributed by atoms with Crippen molar-refractivity contribution in [3.8, 4) is 0 Å². The molecule has 0 spiro atoms. The summed E-state index contributed by atoms with van der Waals surface area (Å²) >= 11 is 6.17. The lowest BCUT2D eigenvalue weighted by Crippen LogP contribution is -2.32. The van der Waals surface area contributed by atoms with E-state index in [1.165, 1.54) is 7.11 Å². The molecule has 0 atom stereocenters. The van der Waals surface area contributed by atoms with Gasteiger partial charge in [0.1, 0.15) is 0 Å². The fraction of sp³-hybridized carbons (Fsp3) is 0.368. The minimum atomic E-state index is -0.459. The van der Waals surface area contributed by atoms with Crippen molar-refractivity contribution in [2.45, 2.75) is 25.7 Å². The second kappa shape index (κ2) is 8.81. The third-order valence-corrected chi connectivity index (χ3v) is 4.76. The van der Waals surface area contributed by atoms with Crippen molar-refractivity contribution in [2.24, 2.45) is 0 Å². The second-order valence-corrected chi connectivity index (χ2v) is 6.73. The van der Waals surface area contributed by atoms with Crippen LogP contribution in [0.15, 0.2) is 30.3 Å². The first kappa shape index (κ1) is 19.1. The number of hydrogen-bond donors (Lipinski definition) is 1. The van der Waals surface area contributed by atoms with Gasteiger partial charge in [0, 0.05) is 13.1 Å². The van der Waals surface area contributed by atoms with Crippen molar-refractivity contribution >= 4 is 35.0 Å². The van der Waals surface area contributed by atoms with Gasteiger partial charge in [0.25, 0.3) is 5.91 Å².